The Morgan fingerprint density at radius 2 is 1.95 bits per heavy atom. The zero-order valence-corrected chi connectivity index (χ0v) is 14.0. The first-order valence-corrected chi connectivity index (χ1v) is 7.82. The number of nitrogens with one attached hydrogen (secondary N) is 1. The van der Waals surface area contributed by atoms with Gasteiger partial charge < -0.3 is 10.1 Å². The minimum absolute atomic E-state index is 0.0872. The fraction of sp³-hybridized carbons (Fsp3) is 0.0833. The highest BCUT2D eigenvalue weighted by atomic mass is 79.9. The van der Waals surface area contributed by atoms with Gasteiger partial charge in [-0.15, -0.1) is 24.5 Å². The monoisotopic (exact) mass is 443 g/mol. The number of hydrogen-bond donors (Lipinski definition) is 1. The summed E-state index contributed by atoms with van der Waals surface area (Å²) in [5.41, 5.74) is 0.808. The molecule has 0 fully saturated rings. The van der Waals surface area contributed by atoms with E-state index in [9.17, 15) is 18.0 Å². The van der Waals surface area contributed by atoms with Crippen LogP contribution < -0.4 is 10.1 Å². The van der Waals surface area contributed by atoms with Gasteiger partial charge in [-0.25, -0.2) is 0 Å². The first-order chi connectivity index (χ1) is 9.74. The predicted octanol–water partition coefficient (Wildman–Crippen LogP) is 5.42. The maximum absolute atomic E-state index is 12.1. The molecule has 0 bridgehead atoms. The molecule has 112 valence electrons. The third-order valence-electron chi connectivity index (χ3n) is 2.25. The van der Waals surface area contributed by atoms with E-state index in [1.165, 1.54) is 23.5 Å². The Morgan fingerprint density at radius 1 is 1.24 bits per heavy atom. The van der Waals surface area contributed by atoms with E-state index >= 15 is 0 Å². The van der Waals surface area contributed by atoms with Crippen LogP contribution in [-0.2, 0) is 0 Å². The number of halogens is 5. The summed E-state index contributed by atoms with van der Waals surface area (Å²) in [6.07, 6.45) is -4.77. The largest absolute Gasteiger partial charge is 0.573 e. The van der Waals surface area contributed by atoms with Crippen LogP contribution >= 0.6 is 43.2 Å². The summed E-state index contributed by atoms with van der Waals surface area (Å²) < 4.78 is 41.1. The Balaban J connectivity index is 2.11. The summed E-state index contributed by atoms with van der Waals surface area (Å²) in [4.78, 5) is 11.9. The fourth-order valence-corrected chi connectivity index (χ4v) is 3.01. The van der Waals surface area contributed by atoms with Crippen molar-refractivity contribution in [1.82, 2.24) is 0 Å². The molecule has 0 unspecified atom stereocenters. The van der Waals surface area contributed by atoms with Gasteiger partial charge in [0, 0.05) is 11.1 Å². The number of carbonyl (C=O) groups is 1. The molecule has 21 heavy (non-hydrogen) atoms. The number of benzene rings is 1. The standard InChI is InChI=1S/C12H6Br2F3NO2S/c13-8-4-7(1-2-9(8)20-12(15,16)17)18-11(19)6-3-10(14)21-5-6/h1-5H,(H,18,19). The van der Waals surface area contributed by atoms with Crippen molar-refractivity contribution in [3.8, 4) is 5.75 Å². The van der Waals surface area contributed by atoms with Crippen molar-refractivity contribution >= 4 is 54.8 Å². The van der Waals surface area contributed by atoms with Crippen molar-refractivity contribution in [1.29, 1.82) is 0 Å². The summed E-state index contributed by atoms with van der Waals surface area (Å²) >= 11 is 7.57. The molecular weight excluding hydrogens is 439 g/mol. The fourth-order valence-electron chi connectivity index (χ4n) is 1.42. The van der Waals surface area contributed by atoms with Gasteiger partial charge in [0.2, 0.25) is 0 Å². The van der Waals surface area contributed by atoms with Gasteiger partial charge in [-0.3, -0.25) is 4.79 Å². The van der Waals surface area contributed by atoms with E-state index in [2.05, 4.69) is 41.9 Å². The maximum Gasteiger partial charge on any atom is 0.573 e. The van der Waals surface area contributed by atoms with Crippen molar-refractivity contribution in [3.63, 3.8) is 0 Å². The number of carbonyl (C=O) groups excluding carboxylic acids is 1. The first-order valence-electron chi connectivity index (χ1n) is 5.35. The number of amides is 1. The Morgan fingerprint density at radius 3 is 2.48 bits per heavy atom. The number of alkyl halides is 3. The summed E-state index contributed by atoms with van der Waals surface area (Å²) in [5.74, 6) is -0.730. The zero-order chi connectivity index (χ0) is 15.6. The average molecular weight is 445 g/mol. The van der Waals surface area contributed by atoms with Crippen LogP contribution in [0.3, 0.4) is 0 Å². The molecule has 2 rings (SSSR count). The quantitative estimate of drug-likeness (QED) is 0.685. The minimum atomic E-state index is -4.77. The third-order valence-corrected chi connectivity index (χ3v) is 4.37. The minimum Gasteiger partial charge on any atom is -0.405 e. The van der Waals surface area contributed by atoms with Gasteiger partial charge in [0.25, 0.3) is 5.91 Å². The van der Waals surface area contributed by atoms with E-state index in [-0.39, 0.29) is 16.1 Å². The molecule has 0 aliphatic carbocycles. The molecule has 9 heteroatoms. The highest BCUT2D eigenvalue weighted by Crippen LogP contribution is 2.32. The van der Waals surface area contributed by atoms with Crippen molar-refractivity contribution in [2.24, 2.45) is 0 Å². The average Bonchev–Trinajstić information content (AvgIpc) is 2.78. The van der Waals surface area contributed by atoms with Crippen LogP contribution in [0.2, 0.25) is 0 Å². The van der Waals surface area contributed by atoms with Crippen molar-refractivity contribution < 1.29 is 22.7 Å². The number of thiophene rings is 1. The molecule has 0 saturated heterocycles. The van der Waals surface area contributed by atoms with Crippen LogP contribution in [0, 0.1) is 0 Å². The Hall–Kier alpha value is -1.06. The smallest absolute Gasteiger partial charge is 0.405 e. The number of anilines is 1. The molecule has 0 aliphatic rings. The van der Waals surface area contributed by atoms with Gasteiger partial charge in [0.05, 0.1) is 13.8 Å². The molecule has 2 aromatic rings. The second kappa shape index (κ2) is 6.37. The van der Waals surface area contributed by atoms with Crippen molar-refractivity contribution in [2.45, 2.75) is 6.36 Å². The van der Waals surface area contributed by atoms with Gasteiger partial charge in [0.1, 0.15) is 5.75 Å². The molecule has 1 aromatic carbocycles. The van der Waals surface area contributed by atoms with E-state index in [1.807, 2.05) is 0 Å². The molecule has 1 aromatic heterocycles. The van der Waals surface area contributed by atoms with Gasteiger partial charge in [-0.05, 0) is 56.1 Å². The molecule has 1 amide bonds. The van der Waals surface area contributed by atoms with Gasteiger partial charge in [-0.2, -0.15) is 0 Å². The molecule has 0 aliphatic heterocycles. The predicted molar refractivity (Wildman–Crippen MR) is 80.8 cm³/mol. The summed E-state index contributed by atoms with van der Waals surface area (Å²) in [5, 5.41) is 4.24. The molecule has 0 atom stereocenters. The summed E-state index contributed by atoms with van der Waals surface area (Å²) in [6, 6.07) is 5.43. The zero-order valence-electron chi connectivity index (χ0n) is 10.0. The van der Waals surface area contributed by atoms with E-state index < -0.39 is 6.36 Å². The normalized spacial score (nSPS) is 11.3. The van der Waals surface area contributed by atoms with Crippen LogP contribution in [0.5, 0.6) is 5.75 Å². The molecule has 0 saturated carbocycles. The second-order valence-electron chi connectivity index (χ2n) is 3.79. The molecule has 3 nitrogen and oxygen atoms in total. The van der Waals surface area contributed by atoms with Crippen LogP contribution in [0.15, 0.2) is 37.9 Å². The molecule has 1 heterocycles. The Bertz CT molecular complexity index is 673. The summed E-state index contributed by atoms with van der Waals surface area (Å²) in [7, 11) is 0. The topological polar surface area (TPSA) is 38.3 Å². The number of rotatable bonds is 3. The third kappa shape index (κ3) is 4.72. The van der Waals surface area contributed by atoms with Gasteiger partial charge >= 0.3 is 6.36 Å². The van der Waals surface area contributed by atoms with E-state index in [0.29, 0.717) is 11.3 Å². The Labute approximate surface area is 138 Å². The molecule has 1 N–H and O–H groups in total. The lowest BCUT2D eigenvalue weighted by atomic mass is 10.2. The van der Waals surface area contributed by atoms with Gasteiger partial charge in [0.15, 0.2) is 0 Å². The van der Waals surface area contributed by atoms with Gasteiger partial charge in [-0.1, -0.05) is 0 Å². The molecular formula is C12H6Br2F3NO2S. The molecule has 0 spiro atoms. The SMILES string of the molecule is O=C(Nc1ccc(OC(F)(F)F)c(Br)c1)c1csc(Br)c1. The lowest BCUT2D eigenvalue weighted by Gasteiger charge is -2.11. The van der Waals surface area contributed by atoms with Crippen molar-refractivity contribution in [3.05, 3.63) is 43.5 Å². The first kappa shape index (κ1) is 16.3. The van der Waals surface area contributed by atoms with E-state index in [1.54, 1.807) is 11.4 Å². The van der Waals surface area contributed by atoms with Crippen LogP contribution in [0.1, 0.15) is 10.4 Å². The Kier molecular flexibility index (Phi) is 4.95. The maximum atomic E-state index is 12.1. The van der Waals surface area contributed by atoms with Crippen molar-refractivity contribution in [2.75, 3.05) is 5.32 Å². The lowest BCUT2D eigenvalue weighted by Crippen LogP contribution is -2.17. The highest BCUT2D eigenvalue weighted by Gasteiger charge is 2.31. The molecule has 0 radical (unpaired) electrons. The van der Waals surface area contributed by atoms with Crippen LogP contribution in [0.4, 0.5) is 18.9 Å². The highest BCUT2D eigenvalue weighted by molar-refractivity contribution is 9.11. The second-order valence-corrected chi connectivity index (χ2v) is 6.93. The number of ether oxygens (including phenoxy) is 1. The van der Waals surface area contributed by atoms with E-state index in [4.69, 9.17) is 0 Å². The van der Waals surface area contributed by atoms with E-state index in [0.717, 1.165) is 9.85 Å². The van der Waals surface area contributed by atoms with Crippen LogP contribution in [-0.4, -0.2) is 12.3 Å². The van der Waals surface area contributed by atoms with Crippen LogP contribution in [0.25, 0.3) is 0 Å². The lowest BCUT2D eigenvalue weighted by molar-refractivity contribution is -0.274. The summed E-state index contributed by atoms with van der Waals surface area (Å²) in [6.45, 7) is 0. The number of hydrogen-bond acceptors (Lipinski definition) is 3.